The van der Waals surface area contributed by atoms with Crippen molar-refractivity contribution in [3.05, 3.63) is 17.5 Å². The number of aromatic nitrogens is 1. The van der Waals surface area contributed by atoms with Gasteiger partial charge < -0.3 is 9.84 Å². The number of carbonyl (C=O) groups excluding carboxylic acids is 1. The maximum Gasteiger partial charge on any atom is 0.233 e. The molecule has 2 aliphatic rings. The van der Waals surface area contributed by atoms with Gasteiger partial charge in [0.1, 0.15) is 5.76 Å². The van der Waals surface area contributed by atoms with Crippen LogP contribution in [0.3, 0.4) is 0 Å². The number of rotatable bonds is 3. The van der Waals surface area contributed by atoms with E-state index in [4.69, 9.17) is 4.52 Å². The van der Waals surface area contributed by atoms with Crippen LogP contribution in [0.5, 0.6) is 0 Å². The fraction of sp³-hybridized carbons (Fsp3) is 0.714. The quantitative estimate of drug-likeness (QED) is 0.925. The summed E-state index contributed by atoms with van der Waals surface area (Å²) >= 11 is 1.68. The molecule has 1 saturated carbocycles. The first-order valence-corrected chi connectivity index (χ1v) is 8.11. The maximum atomic E-state index is 12.1. The molecule has 1 aliphatic heterocycles. The predicted molar refractivity (Wildman–Crippen MR) is 74.8 cm³/mol. The van der Waals surface area contributed by atoms with Crippen molar-refractivity contribution >= 4 is 17.7 Å². The van der Waals surface area contributed by atoms with Crippen molar-refractivity contribution in [2.24, 2.45) is 5.92 Å². The van der Waals surface area contributed by atoms with Gasteiger partial charge in [0.15, 0.2) is 0 Å². The number of amides is 1. The molecule has 2 fully saturated rings. The summed E-state index contributed by atoms with van der Waals surface area (Å²) in [4.78, 5) is 12.1. The fourth-order valence-corrected chi connectivity index (χ4v) is 4.25. The summed E-state index contributed by atoms with van der Waals surface area (Å²) in [5, 5.41) is 7.15. The van der Waals surface area contributed by atoms with E-state index in [-0.39, 0.29) is 11.2 Å². The Labute approximate surface area is 117 Å². The van der Waals surface area contributed by atoms with Crippen LogP contribution < -0.4 is 5.32 Å². The van der Waals surface area contributed by atoms with Gasteiger partial charge in [-0.3, -0.25) is 4.79 Å². The molecule has 1 aromatic heterocycles. The van der Waals surface area contributed by atoms with E-state index in [1.54, 1.807) is 11.8 Å². The highest BCUT2D eigenvalue weighted by molar-refractivity contribution is 7.99. The number of aryl methyl sites for hydroxylation is 1. The molecule has 19 heavy (non-hydrogen) atoms. The zero-order chi connectivity index (χ0) is 13.2. The summed E-state index contributed by atoms with van der Waals surface area (Å²) in [7, 11) is 0. The SMILES string of the molecule is Cc1cc(CSC2CC3CCCCC3NC2=O)on1. The molecule has 3 atom stereocenters. The highest BCUT2D eigenvalue weighted by atomic mass is 32.2. The van der Waals surface area contributed by atoms with Gasteiger partial charge in [0.05, 0.1) is 16.7 Å². The molecule has 1 aliphatic carbocycles. The van der Waals surface area contributed by atoms with Gasteiger partial charge in [-0.05, 0) is 32.1 Å². The molecule has 3 unspecified atom stereocenters. The smallest absolute Gasteiger partial charge is 0.233 e. The Balaban J connectivity index is 1.57. The summed E-state index contributed by atoms with van der Waals surface area (Å²) in [6.45, 7) is 1.91. The fourth-order valence-electron chi connectivity index (χ4n) is 3.15. The third-order valence-corrected chi connectivity index (χ3v) is 5.41. The first kappa shape index (κ1) is 13.0. The van der Waals surface area contributed by atoms with E-state index >= 15 is 0 Å². The van der Waals surface area contributed by atoms with Gasteiger partial charge >= 0.3 is 0 Å². The van der Waals surface area contributed by atoms with E-state index in [0.717, 1.165) is 30.0 Å². The van der Waals surface area contributed by atoms with Crippen LogP contribution in [0.15, 0.2) is 10.6 Å². The van der Waals surface area contributed by atoms with Crippen molar-refractivity contribution < 1.29 is 9.32 Å². The normalized spacial score (nSPS) is 30.8. The number of fused-ring (bicyclic) bond motifs is 1. The van der Waals surface area contributed by atoms with Crippen LogP contribution in [-0.2, 0) is 10.5 Å². The zero-order valence-electron chi connectivity index (χ0n) is 11.2. The lowest BCUT2D eigenvalue weighted by molar-refractivity contribution is -0.124. The van der Waals surface area contributed by atoms with E-state index in [1.165, 1.54) is 19.3 Å². The predicted octanol–water partition coefficient (Wildman–Crippen LogP) is 2.66. The maximum absolute atomic E-state index is 12.1. The second kappa shape index (κ2) is 5.57. The zero-order valence-corrected chi connectivity index (χ0v) is 12.0. The monoisotopic (exact) mass is 280 g/mol. The lowest BCUT2D eigenvalue weighted by atomic mass is 9.79. The van der Waals surface area contributed by atoms with Crippen LogP contribution in [0.25, 0.3) is 0 Å². The number of nitrogens with zero attached hydrogens (tertiary/aromatic N) is 1. The molecule has 1 N–H and O–H groups in total. The number of carbonyl (C=O) groups is 1. The Morgan fingerprint density at radius 2 is 2.32 bits per heavy atom. The van der Waals surface area contributed by atoms with Crippen molar-refractivity contribution in [2.75, 3.05) is 0 Å². The highest BCUT2D eigenvalue weighted by Gasteiger charge is 2.36. The van der Waals surface area contributed by atoms with E-state index in [2.05, 4.69) is 10.5 Å². The lowest BCUT2D eigenvalue weighted by Gasteiger charge is -2.39. The Morgan fingerprint density at radius 1 is 1.47 bits per heavy atom. The van der Waals surface area contributed by atoms with E-state index in [1.807, 2.05) is 13.0 Å². The highest BCUT2D eigenvalue weighted by Crippen LogP contribution is 2.35. The molecule has 5 heteroatoms. The Hall–Kier alpha value is -0.970. The van der Waals surface area contributed by atoms with Gasteiger partial charge in [0.25, 0.3) is 0 Å². The van der Waals surface area contributed by atoms with Gasteiger partial charge in [-0.2, -0.15) is 0 Å². The molecule has 3 rings (SSSR count). The topological polar surface area (TPSA) is 55.1 Å². The second-order valence-corrected chi connectivity index (χ2v) is 6.82. The van der Waals surface area contributed by atoms with Crippen molar-refractivity contribution in [1.29, 1.82) is 0 Å². The van der Waals surface area contributed by atoms with E-state index in [9.17, 15) is 4.79 Å². The molecule has 104 valence electrons. The minimum Gasteiger partial charge on any atom is -0.360 e. The van der Waals surface area contributed by atoms with Gasteiger partial charge in [-0.25, -0.2) is 0 Å². The molecule has 1 amide bonds. The number of piperidine rings is 1. The van der Waals surface area contributed by atoms with Gasteiger partial charge in [-0.1, -0.05) is 18.0 Å². The Morgan fingerprint density at radius 3 is 3.11 bits per heavy atom. The second-order valence-electron chi connectivity index (χ2n) is 5.63. The number of nitrogens with one attached hydrogen (secondary N) is 1. The molecular weight excluding hydrogens is 260 g/mol. The number of hydrogen-bond acceptors (Lipinski definition) is 4. The number of thioether (sulfide) groups is 1. The lowest BCUT2D eigenvalue weighted by Crippen LogP contribution is -2.51. The summed E-state index contributed by atoms with van der Waals surface area (Å²) < 4.78 is 5.19. The van der Waals surface area contributed by atoms with Crippen molar-refractivity contribution in [2.45, 2.75) is 56.1 Å². The van der Waals surface area contributed by atoms with Gasteiger partial charge in [0, 0.05) is 12.1 Å². The molecule has 0 spiro atoms. The minimum absolute atomic E-state index is 0.0738. The molecule has 0 radical (unpaired) electrons. The van der Waals surface area contributed by atoms with Crippen molar-refractivity contribution in [3.63, 3.8) is 0 Å². The van der Waals surface area contributed by atoms with Crippen LogP contribution >= 0.6 is 11.8 Å². The van der Waals surface area contributed by atoms with Crippen molar-refractivity contribution in [1.82, 2.24) is 10.5 Å². The summed E-state index contributed by atoms with van der Waals surface area (Å²) in [6, 6.07) is 2.38. The van der Waals surface area contributed by atoms with E-state index in [0.29, 0.717) is 12.0 Å². The molecule has 0 aromatic carbocycles. The van der Waals surface area contributed by atoms with Crippen LogP contribution in [0.2, 0.25) is 0 Å². The van der Waals surface area contributed by atoms with Crippen LogP contribution in [-0.4, -0.2) is 22.4 Å². The summed E-state index contributed by atoms with van der Waals surface area (Å²) in [5.41, 5.74) is 0.899. The van der Waals surface area contributed by atoms with Gasteiger partial charge in [-0.15, -0.1) is 11.8 Å². The molecule has 2 heterocycles. The molecule has 0 bridgehead atoms. The van der Waals surface area contributed by atoms with Crippen LogP contribution in [0, 0.1) is 12.8 Å². The largest absolute Gasteiger partial charge is 0.360 e. The Kier molecular flexibility index (Phi) is 3.82. The summed E-state index contributed by atoms with van der Waals surface area (Å²) in [6.07, 6.45) is 6.03. The molecule has 1 aromatic rings. The third-order valence-electron chi connectivity index (χ3n) is 4.15. The molecular formula is C14H20N2O2S. The van der Waals surface area contributed by atoms with Crippen molar-refractivity contribution in [3.8, 4) is 0 Å². The summed E-state index contributed by atoms with van der Waals surface area (Å²) in [5.74, 6) is 2.49. The minimum atomic E-state index is 0.0738. The first-order valence-electron chi connectivity index (χ1n) is 7.06. The average molecular weight is 280 g/mol. The molecule has 1 saturated heterocycles. The standard InChI is InChI=1S/C14H20N2O2S/c1-9-6-11(18-16-9)8-19-13-7-10-4-2-3-5-12(10)15-14(13)17/h6,10,12-13H,2-5,7-8H2,1H3,(H,15,17). The van der Waals surface area contributed by atoms with Gasteiger partial charge in [0.2, 0.25) is 5.91 Å². The van der Waals surface area contributed by atoms with Crippen LogP contribution in [0.4, 0.5) is 0 Å². The average Bonchev–Trinajstić information content (AvgIpc) is 2.82. The first-order chi connectivity index (χ1) is 9.22. The number of hydrogen-bond donors (Lipinski definition) is 1. The Bertz CT molecular complexity index is 460. The third kappa shape index (κ3) is 2.96. The molecule has 4 nitrogen and oxygen atoms in total. The van der Waals surface area contributed by atoms with E-state index < -0.39 is 0 Å². The van der Waals surface area contributed by atoms with Crippen LogP contribution in [0.1, 0.15) is 43.6 Å².